The molecule has 17 heavy (non-hydrogen) atoms. The van der Waals surface area contributed by atoms with Gasteiger partial charge in [-0.1, -0.05) is 19.0 Å². The Morgan fingerprint density at radius 2 is 2.18 bits per heavy atom. The number of hydrogen-bond donors (Lipinski definition) is 1. The van der Waals surface area contributed by atoms with E-state index in [2.05, 4.69) is 29.2 Å². The van der Waals surface area contributed by atoms with E-state index in [9.17, 15) is 4.79 Å². The third-order valence-corrected chi connectivity index (χ3v) is 2.33. The van der Waals surface area contributed by atoms with Crippen molar-refractivity contribution in [2.75, 3.05) is 20.2 Å². The molecule has 1 atom stereocenters. The van der Waals surface area contributed by atoms with Gasteiger partial charge in [-0.15, -0.1) is 0 Å². The van der Waals surface area contributed by atoms with Crippen molar-refractivity contribution in [2.45, 2.75) is 39.2 Å². The van der Waals surface area contributed by atoms with E-state index in [1.165, 1.54) is 7.11 Å². The molecule has 0 saturated carbocycles. The molecular formula is C11H22N4O2. The first kappa shape index (κ1) is 15.7. The lowest BCUT2D eigenvalue weighted by molar-refractivity contribution is -0.143. The molecule has 0 aliphatic rings. The van der Waals surface area contributed by atoms with E-state index in [4.69, 9.17) is 10.3 Å². The number of methoxy groups -OCH3 is 1. The lowest BCUT2D eigenvalue weighted by atomic mass is 10.0. The molecule has 0 aliphatic heterocycles. The molecule has 0 aromatic heterocycles. The zero-order valence-corrected chi connectivity index (χ0v) is 10.8. The van der Waals surface area contributed by atoms with E-state index >= 15 is 0 Å². The zero-order chi connectivity index (χ0) is 13.1. The molecule has 0 bridgehead atoms. The summed E-state index contributed by atoms with van der Waals surface area (Å²) >= 11 is 0. The average molecular weight is 242 g/mol. The molecule has 1 N–H and O–H groups in total. The maximum Gasteiger partial charge on any atom is 0.322 e. The van der Waals surface area contributed by atoms with Crippen LogP contribution in [0.3, 0.4) is 0 Å². The summed E-state index contributed by atoms with van der Waals surface area (Å²) in [6.45, 7) is 5.37. The molecule has 0 rings (SSSR count). The Kier molecular flexibility index (Phi) is 9.19. The molecule has 0 aliphatic carbocycles. The van der Waals surface area contributed by atoms with Crippen LogP contribution in [0.2, 0.25) is 0 Å². The third kappa shape index (κ3) is 8.54. The number of nitrogens with zero attached hydrogens (tertiary/aromatic N) is 3. The Labute approximate surface area is 102 Å². The van der Waals surface area contributed by atoms with Gasteiger partial charge in [-0.25, -0.2) is 0 Å². The molecule has 0 fully saturated rings. The van der Waals surface area contributed by atoms with Crippen LogP contribution in [-0.4, -0.2) is 32.2 Å². The summed E-state index contributed by atoms with van der Waals surface area (Å²) in [7, 11) is 1.40. The van der Waals surface area contributed by atoms with E-state index in [-0.39, 0.29) is 12.0 Å². The van der Waals surface area contributed by atoms with Gasteiger partial charge in [0.15, 0.2) is 0 Å². The predicted octanol–water partition coefficient (Wildman–Crippen LogP) is 2.25. The van der Waals surface area contributed by atoms with Gasteiger partial charge >= 0.3 is 5.97 Å². The quantitative estimate of drug-likeness (QED) is 0.221. The molecule has 0 spiro atoms. The maximum absolute atomic E-state index is 11.5. The van der Waals surface area contributed by atoms with Crippen LogP contribution in [0.25, 0.3) is 10.4 Å². The van der Waals surface area contributed by atoms with Crippen molar-refractivity contribution in [2.24, 2.45) is 11.0 Å². The van der Waals surface area contributed by atoms with E-state index in [1.54, 1.807) is 0 Å². The first-order valence-corrected chi connectivity index (χ1v) is 5.93. The van der Waals surface area contributed by atoms with Crippen LogP contribution in [0.15, 0.2) is 5.11 Å². The SMILES string of the molecule is COC(=O)[C@@H](CC(C)C)NCCCCN=[N+]=[N-]. The molecule has 98 valence electrons. The molecule has 6 heteroatoms. The van der Waals surface area contributed by atoms with Crippen LogP contribution in [0.1, 0.15) is 33.1 Å². The third-order valence-electron chi connectivity index (χ3n) is 2.33. The van der Waals surface area contributed by atoms with Gasteiger partial charge in [0.1, 0.15) is 6.04 Å². The van der Waals surface area contributed by atoms with Gasteiger partial charge in [0, 0.05) is 11.5 Å². The van der Waals surface area contributed by atoms with Gasteiger partial charge in [0.25, 0.3) is 0 Å². The number of azide groups is 1. The molecule has 0 amide bonds. The Balaban J connectivity index is 3.83. The standard InChI is InChI=1S/C11H22N4O2/c1-9(2)8-10(11(16)17-3)13-6-4-5-7-14-15-12/h9-10,13H,4-8H2,1-3H3/t10-/m1/s1. The van der Waals surface area contributed by atoms with Crippen molar-refractivity contribution in [1.29, 1.82) is 0 Å². The van der Waals surface area contributed by atoms with E-state index in [0.29, 0.717) is 12.5 Å². The van der Waals surface area contributed by atoms with Crippen LogP contribution in [0, 0.1) is 5.92 Å². The monoisotopic (exact) mass is 242 g/mol. The van der Waals surface area contributed by atoms with Crippen LogP contribution in [-0.2, 0) is 9.53 Å². The summed E-state index contributed by atoms with van der Waals surface area (Å²) < 4.78 is 4.74. The van der Waals surface area contributed by atoms with Crippen molar-refractivity contribution in [3.63, 3.8) is 0 Å². The van der Waals surface area contributed by atoms with Crippen LogP contribution < -0.4 is 5.32 Å². The second-order valence-electron chi connectivity index (χ2n) is 4.32. The largest absolute Gasteiger partial charge is 0.468 e. The highest BCUT2D eigenvalue weighted by atomic mass is 16.5. The average Bonchev–Trinajstić information content (AvgIpc) is 2.30. The normalized spacial score (nSPS) is 12.0. The fourth-order valence-corrected chi connectivity index (χ4v) is 1.51. The molecule has 0 aromatic carbocycles. The summed E-state index contributed by atoms with van der Waals surface area (Å²) in [6.07, 6.45) is 2.47. The molecule has 0 saturated heterocycles. The highest BCUT2D eigenvalue weighted by molar-refractivity contribution is 5.75. The minimum Gasteiger partial charge on any atom is -0.468 e. The van der Waals surface area contributed by atoms with Crippen molar-refractivity contribution in [1.82, 2.24) is 5.32 Å². The maximum atomic E-state index is 11.5. The first-order chi connectivity index (χ1) is 8.11. The fraction of sp³-hybridized carbons (Fsp3) is 0.909. The minimum absolute atomic E-state index is 0.214. The minimum atomic E-state index is -0.237. The van der Waals surface area contributed by atoms with Gasteiger partial charge in [-0.3, -0.25) is 4.79 Å². The smallest absolute Gasteiger partial charge is 0.322 e. The number of rotatable bonds is 9. The number of unbranched alkanes of at least 4 members (excludes halogenated alkanes) is 1. The van der Waals surface area contributed by atoms with Gasteiger partial charge < -0.3 is 10.1 Å². The highest BCUT2D eigenvalue weighted by Crippen LogP contribution is 2.06. The number of hydrogen-bond acceptors (Lipinski definition) is 4. The number of carbonyl (C=O) groups excluding carboxylic acids is 1. The van der Waals surface area contributed by atoms with Gasteiger partial charge in [0.2, 0.25) is 0 Å². The summed E-state index contributed by atoms with van der Waals surface area (Å²) in [4.78, 5) is 14.1. The second kappa shape index (κ2) is 9.93. The summed E-state index contributed by atoms with van der Waals surface area (Å²) in [5.74, 6) is 0.225. The highest BCUT2D eigenvalue weighted by Gasteiger charge is 2.19. The van der Waals surface area contributed by atoms with Gasteiger partial charge in [-0.2, -0.15) is 0 Å². The summed E-state index contributed by atoms with van der Waals surface area (Å²) in [6, 6.07) is -0.237. The number of esters is 1. The predicted molar refractivity (Wildman–Crippen MR) is 66.5 cm³/mol. The van der Waals surface area contributed by atoms with Gasteiger partial charge in [-0.05, 0) is 37.3 Å². The number of ether oxygens (including phenoxy) is 1. The van der Waals surface area contributed by atoms with E-state index in [0.717, 1.165) is 25.8 Å². The Morgan fingerprint density at radius 3 is 2.71 bits per heavy atom. The van der Waals surface area contributed by atoms with Crippen LogP contribution in [0.5, 0.6) is 0 Å². The lowest BCUT2D eigenvalue weighted by Crippen LogP contribution is -2.39. The van der Waals surface area contributed by atoms with E-state index in [1.807, 2.05) is 0 Å². The van der Waals surface area contributed by atoms with Crippen LogP contribution >= 0.6 is 0 Å². The molecule has 0 aromatic rings. The van der Waals surface area contributed by atoms with E-state index < -0.39 is 0 Å². The van der Waals surface area contributed by atoms with Crippen molar-refractivity contribution >= 4 is 5.97 Å². The molecule has 0 heterocycles. The number of nitrogens with one attached hydrogen (secondary N) is 1. The lowest BCUT2D eigenvalue weighted by Gasteiger charge is -2.18. The molecule has 0 unspecified atom stereocenters. The van der Waals surface area contributed by atoms with Crippen LogP contribution in [0.4, 0.5) is 0 Å². The topological polar surface area (TPSA) is 87.1 Å². The van der Waals surface area contributed by atoms with Crippen molar-refractivity contribution in [3.05, 3.63) is 10.4 Å². The molecule has 6 nitrogen and oxygen atoms in total. The molecular weight excluding hydrogens is 220 g/mol. The zero-order valence-electron chi connectivity index (χ0n) is 10.8. The summed E-state index contributed by atoms with van der Waals surface area (Å²) in [5, 5.41) is 6.62. The Hall–Kier alpha value is -1.26. The first-order valence-electron chi connectivity index (χ1n) is 5.93. The van der Waals surface area contributed by atoms with Gasteiger partial charge in [0.05, 0.1) is 7.11 Å². The van der Waals surface area contributed by atoms with Crippen molar-refractivity contribution in [3.8, 4) is 0 Å². The van der Waals surface area contributed by atoms with Crippen molar-refractivity contribution < 1.29 is 9.53 Å². The number of carbonyl (C=O) groups is 1. The Bertz CT molecular complexity index is 262. The fourth-order valence-electron chi connectivity index (χ4n) is 1.51. The molecule has 0 radical (unpaired) electrons. The second-order valence-corrected chi connectivity index (χ2v) is 4.32. The summed E-state index contributed by atoms with van der Waals surface area (Å²) in [5.41, 5.74) is 8.10. The Morgan fingerprint density at radius 1 is 1.47 bits per heavy atom.